The van der Waals surface area contributed by atoms with E-state index in [9.17, 15) is 4.79 Å². The average Bonchev–Trinajstić information content (AvgIpc) is 2.75. The number of nitrogens with zero attached hydrogens (tertiary/aromatic N) is 1. The molecule has 0 aliphatic heterocycles. The van der Waals surface area contributed by atoms with Gasteiger partial charge in [-0.3, -0.25) is 0 Å². The number of urea groups is 1. The van der Waals surface area contributed by atoms with E-state index in [1.807, 2.05) is 23.8 Å². The van der Waals surface area contributed by atoms with Crippen LogP contribution in [0.25, 0.3) is 0 Å². The number of rotatable bonds is 5. The van der Waals surface area contributed by atoms with Gasteiger partial charge in [0, 0.05) is 19.6 Å². The smallest absolute Gasteiger partial charge is 0.317 e. The lowest BCUT2D eigenvalue weighted by Gasteiger charge is -2.19. The molecule has 0 aliphatic rings. The molecule has 4 nitrogen and oxygen atoms in total. The van der Waals surface area contributed by atoms with Gasteiger partial charge in [0.1, 0.15) is 0 Å². The number of hydrogen-bond acceptors (Lipinski definition) is 3. The van der Waals surface area contributed by atoms with Crippen molar-refractivity contribution in [3.05, 3.63) is 22.4 Å². The molecule has 0 aliphatic carbocycles. The minimum Gasteiger partial charge on any atom is -0.395 e. The maximum atomic E-state index is 11.6. The summed E-state index contributed by atoms with van der Waals surface area (Å²) in [5.74, 6) is 0. The van der Waals surface area contributed by atoms with Gasteiger partial charge >= 0.3 is 6.03 Å². The molecule has 0 fully saturated rings. The molecule has 84 valence electrons. The first-order valence-corrected chi connectivity index (χ1v) is 5.87. The number of carbonyl (C=O) groups is 1. The number of amides is 2. The minimum absolute atomic E-state index is 0.000287. The fourth-order valence-corrected chi connectivity index (χ4v) is 1.88. The summed E-state index contributed by atoms with van der Waals surface area (Å²) < 4.78 is 0. The fraction of sp³-hybridized carbons (Fsp3) is 0.500. The Morgan fingerprint density at radius 3 is 3.00 bits per heavy atom. The zero-order valence-corrected chi connectivity index (χ0v) is 9.59. The predicted molar refractivity (Wildman–Crippen MR) is 60.9 cm³/mol. The monoisotopic (exact) mass is 228 g/mol. The molecule has 0 radical (unpaired) electrons. The minimum atomic E-state index is -0.127. The van der Waals surface area contributed by atoms with E-state index in [0.717, 1.165) is 5.56 Å². The van der Waals surface area contributed by atoms with Crippen molar-refractivity contribution < 1.29 is 9.90 Å². The predicted octanol–water partition coefficient (Wildman–Crippen LogP) is 1.27. The molecule has 0 saturated heterocycles. The highest BCUT2D eigenvalue weighted by atomic mass is 32.1. The summed E-state index contributed by atoms with van der Waals surface area (Å²) in [6, 6.07) is 1.85. The second kappa shape index (κ2) is 6.42. The van der Waals surface area contributed by atoms with E-state index >= 15 is 0 Å². The Morgan fingerprint density at radius 2 is 2.47 bits per heavy atom. The highest BCUT2D eigenvalue weighted by Gasteiger charge is 2.09. The Kier molecular flexibility index (Phi) is 5.14. The van der Waals surface area contributed by atoms with Gasteiger partial charge in [-0.05, 0) is 29.3 Å². The van der Waals surface area contributed by atoms with Crippen LogP contribution in [-0.4, -0.2) is 35.7 Å². The van der Waals surface area contributed by atoms with Gasteiger partial charge in [0.2, 0.25) is 0 Å². The van der Waals surface area contributed by atoms with Crippen molar-refractivity contribution in [2.45, 2.75) is 13.5 Å². The van der Waals surface area contributed by atoms with Crippen molar-refractivity contribution in [1.29, 1.82) is 0 Å². The first kappa shape index (κ1) is 12.0. The van der Waals surface area contributed by atoms with Crippen LogP contribution in [0, 0.1) is 0 Å². The Hall–Kier alpha value is -1.07. The SMILES string of the molecule is CCN(CCO)C(=O)NCc1ccsc1. The first-order chi connectivity index (χ1) is 7.27. The second-order valence-corrected chi connectivity index (χ2v) is 3.87. The summed E-state index contributed by atoms with van der Waals surface area (Å²) >= 11 is 1.61. The van der Waals surface area contributed by atoms with E-state index in [1.165, 1.54) is 0 Å². The zero-order valence-electron chi connectivity index (χ0n) is 8.77. The van der Waals surface area contributed by atoms with Crippen LogP contribution in [-0.2, 0) is 6.54 Å². The molecule has 1 heterocycles. The third-order valence-corrected chi connectivity index (χ3v) is 2.79. The summed E-state index contributed by atoms with van der Waals surface area (Å²) in [5.41, 5.74) is 1.11. The second-order valence-electron chi connectivity index (χ2n) is 3.09. The number of hydrogen-bond donors (Lipinski definition) is 2. The number of likely N-dealkylation sites (N-methyl/N-ethyl adjacent to an activating group) is 1. The molecule has 0 unspecified atom stereocenters. The molecule has 1 aromatic heterocycles. The maximum Gasteiger partial charge on any atom is 0.317 e. The van der Waals surface area contributed by atoms with Crippen molar-refractivity contribution in [2.75, 3.05) is 19.7 Å². The van der Waals surface area contributed by atoms with E-state index in [4.69, 9.17) is 5.11 Å². The molecule has 2 amide bonds. The van der Waals surface area contributed by atoms with Crippen LogP contribution in [0.2, 0.25) is 0 Å². The number of thiophene rings is 1. The topological polar surface area (TPSA) is 52.6 Å². The van der Waals surface area contributed by atoms with Gasteiger partial charge in [0.15, 0.2) is 0 Å². The van der Waals surface area contributed by atoms with Crippen LogP contribution in [0.4, 0.5) is 4.79 Å². The lowest BCUT2D eigenvalue weighted by molar-refractivity contribution is 0.180. The molecule has 0 saturated carbocycles. The zero-order chi connectivity index (χ0) is 11.1. The van der Waals surface area contributed by atoms with Gasteiger partial charge in [0.05, 0.1) is 6.61 Å². The van der Waals surface area contributed by atoms with Gasteiger partial charge in [-0.25, -0.2) is 4.79 Å². The van der Waals surface area contributed by atoms with Crippen LogP contribution in [0.1, 0.15) is 12.5 Å². The van der Waals surface area contributed by atoms with Gasteiger partial charge in [-0.2, -0.15) is 11.3 Å². The molecular weight excluding hydrogens is 212 g/mol. The summed E-state index contributed by atoms with van der Waals surface area (Å²) in [6.45, 7) is 3.42. The van der Waals surface area contributed by atoms with Gasteiger partial charge < -0.3 is 15.3 Å². The third kappa shape index (κ3) is 3.89. The highest BCUT2D eigenvalue weighted by Crippen LogP contribution is 2.05. The van der Waals surface area contributed by atoms with Crippen molar-refractivity contribution in [2.24, 2.45) is 0 Å². The molecule has 0 atom stereocenters. The van der Waals surface area contributed by atoms with Crippen molar-refractivity contribution in [1.82, 2.24) is 10.2 Å². The molecule has 2 N–H and O–H groups in total. The van der Waals surface area contributed by atoms with Gasteiger partial charge in [-0.1, -0.05) is 0 Å². The highest BCUT2D eigenvalue weighted by molar-refractivity contribution is 7.07. The van der Waals surface area contributed by atoms with Crippen molar-refractivity contribution >= 4 is 17.4 Å². The normalized spacial score (nSPS) is 10.0. The van der Waals surface area contributed by atoms with Crippen molar-refractivity contribution in [3.63, 3.8) is 0 Å². The number of aliphatic hydroxyl groups excluding tert-OH is 1. The van der Waals surface area contributed by atoms with Crippen LogP contribution in [0.3, 0.4) is 0 Å². The number of nitrogens with one attached hydrogen (secondary N) is 1. The van der Waals surface area contributed by atoms with Crippen molar-refractivity contribution in [3.8, 4) is 0 Å². The van der Waals surface area contributed by atoms with E-state index < -0.39 is 0 Å². The van der Waals surface area contributed by atoms with E-state index in [1.54, 1.807) is 16.2 Å². The summed E-state index contributed by atoms with van der Waals surface area (Å²) in [7, 11) is 0. The molecule has 0 spiro atoms. The number of carbonyl (C=O) groups excluding carboxylic acids is 1. The molecule has 15 heavy (non-hydrogen) atoms. The van der Waals surface area contributed by atoms with E-state index in [2.05, 4.69) is 5.32 Å². The van der Waals surface area contributed by atoms with Crippen LogP contribution >= 0.6 is 11.3 Å². The first-order valence-electron chi connectivity index (χ1n) is 4.92. The van der Waals surface area contributed by atoms with E-state index in [-0.39, 0.29) is 12.6 Å². The Labute approximate surface area is 93.5 Å². The summed E-state index contributed by atoms with van der Waals surface area (Å²) in [4.78, 5) is 13.1. The lowest BCUT2D eigenvalue weighted by Crippen LogP contribution is -2.40. The fourth-order valence-electron chi connectivity index (χ4n) is 1.21. The third-order valence-electron chi connectivity index (χ3n) is 2.06. The molecule has 5 heteroatoms. The van der Waals surface area contributed by atoms with Gasteiger partial charge in [0.25, 0.3) is 0 Å². The molecule has 1 aromatic rings. The quantitative estimate of drug-likeness (QED) is 0.797. The maximum absolute atomic E-state index is 11.6. The van der Waals surface area contributed by atoms with Crippen LogP contribution in [0.15, 0.2) is 16.8 Å². The Balaban J connectivity index is 2.34. The van der Waals surface area contributed by atoms with E-state index in [0.29, 0.717) is 19.6 Å². The summed E-state index contributed by atoms with van der Waals surface area (Å²) in [5, 5.41) is 15.5. The number of aliphatic hydroxyl groups is 1. The molecule has 0 aromatic carbocycles. The van der Waals surface area contributed by atoms with Gasteiger partial charge in [-0.15, -0.1) is 0 Å². The standard InChI is InChI=1S/C10H16N2O2S/c1-2-12(4-5-13)10(14)11-7-9-3-6-15-8-9/h3,6,8,13H,2,4-5,7H2,1H3,(H,11,14). The molecule has 0 bridgehead atoms. The Morgan fingerprint density at radius 1 is 1.67 bits per heavy atom. The van der Waals surface area contributed by atoms with Crippen LogP contribution in [0.5, 0.6) is 0 Å². The largest absolute Gasteiger partial charge is 0.395 e. The Bertz CT molecular complexity index is 288. The average molecular weight is 228 g/mol. The molecule has 1 rings (SSSR count). The van der Waals surface area contributed by atoms with Crippen LogP contribution < -0.4 is 5.32 Å². The lowest BCUT2D eigenvalue weighted by atomic mass is 10.3. The molecular formula is C10H16N2O2S. The summed E-state index contributed by atoms with van der Waals surface area (Å²) in [6.07, 6.45) is 0.